The second-order valence-electron chi connectivity index (χ2n) is 5.01. The van der Waals surface area contributed by atoms with Crippen molar-refractivity contribution in [1.29, 1.82) is 0 Å². The molecule has 102 valence electrons. The molecular formula is C15H15N3O2. The maximum absolute atomic E-state index is 12.1. The van der Waals surface area contributed by atoms with Crippen molar-refractivity contribution in [2.45, 2.75) is 20.8 Å². The molecule has 0 amide bonds. The van der Waals surface area contributed by atoms with Gasteiger partial charge in [0.1, 0.15) is 11.6 Å². The number of nitrogens with zero attached hydrogens (tertiary/aromatic N) is 2. The summed E-state index contributed by atoms with van der Waals surface area (Å²) in [7, 11) is 0. The number of benzene rings is 1. The van der Waals surface area contributed by atoms with Crippen LogP contribution in [0.15, 0.2) is 29.1 Å². The lowest BCUT2D eigenvalue weighted by molar-refractivity contribution is 0.472. The summed E-state index contributed by atoms with van der Waals surface area (Å²) in [6, 6.07) is 6.65. The third-order valence-electron chi connectivity index (χ3n) is 3.36. The molecule has 5 heteroatoms. The Morgan fingerprint density at radius 2 is 1.90 bits per heavy atom. The Kier molecular flexibility index (Phi) is 2.64. The normalized spacial score (nSPS) is 11.2. The summed E-state index contributed by atoms with van der Waals surface area (Å²) in [4.78, 5) is 19.7. The number of pyridine rings is 1. The van der Waals surface area contributed by atoms with Gasteiger partial charge < -0.3 is 10.1 Å². The third kappa shape index (κ3) is 1.87. The Hall–Kier alpha value is -2.56. The number of aromatic nitrogens is 3. The minimum absolute atomic E-state index is 0.0140. The van der Waals surface area contributed by atoms with Gasteiger partial charge in [0.2, 0.25) is 0 Å². The van der Waals surface area contributed by atoms with Crippen molar-refractivity contribution >= 4 is 11.0 Å². The molecule has 0 aliphatic heterocycles. The number of nitrogens with one attached hydrogen (secondary N) is 1. The third-order valence-corrected chi connectivity index (χ3v) is 3.36. The zero-order chi connectivity index (χ0) is 14.4. The summed E-state index contributed by atoms with van der Waals surface area (Å²) in [6.45, 7) is 5.63. The van der Waals surface area contributed by atoms with E-state index in [4.69, 9.17) is 0 Å². The van der Waals surface area contributed by atoms with Crippen LogP contribution in [0.4, 0.5) is 0 Å². The second kappa shape index (κ2) is 4.23. The predicted octanol–water partition coefficient (Wildman–Crippen LogP) is 2.34. The Morgan fingerprint density at radius 1 is 1.15 bits per heavy atom. The fourth-order valence-electron chi connectivity index (χ4n) is 2.51. The molecule has 0 aliphatic carbocycles. The van der Waals surface area contributed by atoms with Gasteiger partial charge in [0, 0.05) is 11.8 Å². The van der Waals surface area contributed by atoms with Gasteiger partial charge in [-0.3, -0.25) is 9.36 Å². The lowest BCUT2D eigenvalue weighted by Crippen LogP contribution is -2.20. The molecule has 2 N–H and O–H groups in total. The molecule has 0 aliphatic rings. The molecule has 1 aromatic carbocycles. The standard InChI is InChI=1S/C15H15N3O2/c1-8-4-12-13(17-10(3)16-12)7-14(8)18-9(2)5-11(19)6-15(18)20/h4-7,19H,1-3H3,(H,16,17). The average Bonchev–Trinajstić information content (AvgIpc) is 2.67. The fourth-order valence-corrected chi connectivity index (χ4v) is 2.51. The first-order valence-corrected chi connectivity index (χ1v) is 6.36. The SMILES string of the molecule is Cc1nc2cc(C)c(-n3c(C)cc(O)cc3=O)cc2[nH]1. The summed E-state index contributed by atoms with van der Waals surface area (Å²) in [5.41, 5.74) is 3.97. The van der Waals surface area contributed by atoms with Gasteiger partial charge in [0.15, 0.2) is 0 Å². The highest BCUT2D eigenvalue weighted by Crippen LogP contribution is 2.22. The summed E-state index contributed by atoms with van der Waals surface area (Å²) >= 11 is 0. The van der Waals surface area contributed by atoms with Gasteiger partial charge in [-0.2, -0.15) is 0 Å². The van der Waals surface area contributed by atoms with Crippen LogP contribution in [0.2, 0.25) is 0 Å². The van der Waals surface area contributed by atoms with Crippen molar-refractivity contribution < 1.29 is 5.11 Å². The van der Waals surface area contributed by atoms with E-state index in [2.05, 4.69) is 9.97 Å². The Morgan fingerprint density at radius 3 is 2.60 bits per heavy atom. The first-order valence-electron chi connectivity index (χ1n) is 6.36. The van der Waals surface area contributed by atoms with E-state index in [1.165, 1.54) is 6.07 Å². The molecule has 0 spiro atoms. The van der Waals surface area contributed by atoms with E-state index in [1.54, 1.807) is 17.6 Å². The van der Waals surface area contributed by atoms with Crippen molar-refractivity contribution in [3.8, 4) is 11.4 Å². The largest absolute Gasteiger partial charge is 0.508 e. The lowest BCUT2D eigenvalue weighted by atomic mass is 10.1. The van der Waals surface area contributed by atoms with Gasteiger partial charge in [0.25, 0.3) is 5.56 Å². The van der Waals surface area contributed by atoms with E-state index < -0.39 is 0 Å². The molecule has 0 bridgehead atoms. The van der Waals surface area contributed by atoms with Crippen molar-refractivity contribution in [3.63, 3.8) is 0 Å². The van der Waals surface area contributed by atoms with Crippen LogP contribution in [0.3, 0.4) is 0 Å². The number of imidazole rings is 1. The van der Waals surface area contributed by atoms with Gasteiger partial charge in [-0.1, -0.05) is 0 Å². The molecule has 3 rings (SSSR count). The van der Waals surface area contributed by atoms with Crippen LogP contribution < -0.4 is 5.56 Å². The van der Waals surface area contributed by atoms with Crippen molar-refractivity contribution in [3.05, 3.63) is 51.7 Å². The van der Waals surface area contributed by atoms with Gasteiger partial charge >= 0.3 is 0 Å². The summed E-state index contributed by atoms with van der Waals surface area (Å²) in [5.74, 6) is 0.825. The highest BCUT2D eigenvalue weighted by atomic mass is 16.3. The Balaban J connectivity index is 2.34. The van der Waals surface area contributed by atoms with E-state index in [0.29, 0.717) is 5.69 Å². The van der Waals surface area contributed by atoms with E-state index in [9.17, 15) is 9.90 Å². The molecule has 20 heavy (non-hydrogen) atoms. The fraction of sp³-hybridized carbons (Fsp3) is 0.200. The van der Waals surface area contributed by atoms with Gasteiger partial charge in [0.05, 0.1) is 16.7 Å². The predicted molar refractivity (Wildman–Crippen MR) is 77.6 cm³/mol. The molecule has 0 saturated carbocycles. The van der Waals surface area contributed by atoms with Crippen LogP contribution in [-0.4, -0.2) is 19.6 Å². The van der Waals surface area contributed by atoms with Crippen LogP contribution in [-0.2, 0) is 0 Å². The number of H-pyrrole nitrogens is 1. The number of fused-ring (bicyclic) bond motifs is 1. The zero-order valence-electron chi connectivity index (χ0n) is 11.6. The highest BCUT2D eigenvalue weighted by molar-refractivity contribution is 5.79. The second-order valence-corrected chi connectivity index (χ2v) is 5.01. The number of aromatic hydroxyl groups is 1. The van der Waals surface area contributed by atoms with Crippen molar-refractivity contribution in [2.75, 3.05) is 0 Å². The van der Waals surface area contributed by atoms with E-state index >= 15 is 0 Å². The maximum Gasteiger partial charge on any atom is 0.258 e. The van der Waals surface area contributed by atoms with Crippen LogP contribution >= 0.6 is 0 Å². The number of hydrogen-bond donors (Lipinski definition) is 2. The number of hydrogen-bond acceptors (Lipinski definition) is 3. The molecule has 3 aromatic rings. The maximum atomic E-state index is 12.1. The average molecular weight is 269 g/mol. The monoisotopic (exact) mass is 269 g/mol. The smallest absolute Gasteiger partial charge is 0.258 e. The summed E-state index contributed by atoms with van der Waals surface area (Å²) in [5, 5.41) is 9.48. The van der Waals surface area contributed by atoms with E-state index in [-0.39, 0.29) is 11.3 Å². The van der Waals surface area contributed by atoms with Crippen LogP contribution in [0, 0.1) is 20.8 Å². The molecule has 0 atom stereocenters. The number of aryl methyl sites for hydroxylation is 3. The quantitative estimate of drug-likeness (QED) is 0.712. The topological polar surface area (TPSA) is 70.9 Å². The van der Waals surface area contributed by atoms with Crippen molar-refractivity contribution in [2.24, 2.45) is 0 Å². The minimum Gasteiger partial charge on any atom is -0.508 e. The van der Waals surface area contributed by atoms with Crippen molar-refractivity contribution in [1.82, 2.24) is 14.5 Å². The molecule has 2 aromatic heterocycles. The first kappa shape index (κ1) is 12.5. The first-order chi connectivity index (χ1) is 9.45. The van der Waals surface area contributed by atoms with Gasteiger partial charge in [-0.05, 0) is 44.5 Å². The molecule has 0 radical (unpaired) electrons. The Labute approximate surface area is 115 Å². The van der Waals surface area contributed by atoms with Crippen LogP contribution in [0.25, 0.3) is 16.7 Å². The lowest BCUT2D eigenvalue weighted by Gasteiger charge is -2.12. The highest BCUT2D eigenvalue weighted by Gasteiger charge is 2.10. The van der Waals surface area contributed by atoms with Crippen LogP contribution in [0.1, 0.15) is 17.1 Å². The summed E-state index contributed by atoms with van der Waals surface area (Å²) in [6.07, 6.45) is 0. The molecule has 5 nitrogen and oxygen atoms in total. The van der Waals surface area contributed by atoms with Gasteiger partial charge in [-0.25, -0.2) is 4.98 Å². The number of aromatic amines is 1. The molecule has 2 heterocycles. The minimum atomic E-state index is -0.249. The van der Waals surface area contributed by atoms with E-state index in [1.807, 2.05) is 26.0 Å². The molecule has 0 saturated heterocycles. The Bertz CT molecular complexity index is 875. The zero-order valence-corrected chi connectivity index (χ0v) is 11.6. The van der Waals surface area contributed by atoms with E-state index in [0.717, 1.165) is 28.1 Å². The molecule has 0 fully saturated rings. The molecular weight excluding hydrogens is 254 g/mol. The van der Waals surface area contributed by atoms with Crippen LogP contribution in [0.5, 0.6) is 5.75 Å². The summed E-state index contributed by atoms with van der Waals surface area (Å²) < 4.78 is 1.59. The van der Waals surface area contributed by atoms with Gasteiger partial charge in [-0.15, -0.1) is 0 Å². The molecule has 0 unspecified atom stereocenters. The number of rotatable bonds is 1.